The summed E-state index contributed by atoms with van der Waals surface area (Å²) in [5.74, 6) is -0.297. The molecule has 0 heterocycles. The van der Waals surface area contributed by atoms with E-state index in [1.165, 1.54) is 6.92 Å². The first-order chi connectivity index (χ1) is 12.3. The Morgan fingerprint density at radius 1 is 1.08 bits per heavy atom. The molecule has 4 aliphatic carbocycles. The van der Waals surface area contributed by atoms with Crippen molar-refractivity contribution < 1.29 is 23.9 Å². The van der Waals surface area contributed by atoms with Crippen LogP contribution in [0.2, 0.25) is 0 Å². The number of rotatable bonds is 5. The van der Waals surface area contributed by atoms with E-state index in [4.69, 9.17) is 4.74 Å². The third-order valence-electron chi connectivity index (χ3n) is 5.86. The average molecular weight is 365 g/mol. The molecule has 0 aromatic rings. The lowest BCUT2D eigenvalue weighted by atomic mass is 9.47. The summed E-state index contributed by atoms with van der Waals surface area (Å²) in [6.45, 7) is 3.17. The highest BCUT2D eigenvalue weighted by atomic mass is 16.5. The fraction of sp³-hybridized carbons (Fsp3) is 0.778. The Bertz CT molecular complexity index is 618. The summed E-state index contributed by atoms with van der Waals surface area (Å²) in [7, 11) is 0. The molecule has 4 saturated carbocycles. The van der Waals surface area contributed by atoms with Gasteiger partial charge in [-0.1, -0.05) is 0 Å². The molecule has 0 aromatic carbocycles. The molecule has 0 aliphatic heterocycles. The van der Waals surface area contributed by atoms with Gasteiger partial charge in [0.15, 0.2) is 6.61 Å². The van der Waals surface area contributed by atoms with Crippen LogP contribution in [0.4, 0.5) is 4.79 Å². The molecule has 144 valence electrons. The van der Waals surface area contributed by atoms with Crippen LogP contribution in [0.25, 0.3) is 0 Å². The van der Waals surface area contributed by atoms with Crippen LogP contribution in [0.1, 0.15) is 52.4 Å². The number of hydrogen-bond donors (Lipinski definition) is 3. The Balaban J connectivity index is 1.63. The first kappa shape index (κ1) is 18.7. The zero-order chi connectivity index (χ0) is 18.9. The molecular formula is C18H27N3O5. The van der Waals surface area contributed by atoms with Gasteiger partial charge < -0.3 is 15.4 Å². The Morgan fingerprint density at radius 2 is 1.73 bits per heavy atom. The van der Waals surface area contributed by atoms with Gasteiger partial charge in [-0.15, -0.1) is 0 Å². The molecule has 0 spiro atoms. The third kappa shape index (κ3) is 3.68. The van der Waals surface area contributed by atoms with Crippen molar-refractivity contribution in [2.24, 2.45) is 17.3 Å². The van der Waals surface area contributed by atoms with Gasteiger partial charge in [-0.05, 0) is 57.3 Å². The van der Waals surface area contributed by atoms with Gasteiger partial charge >= 0.3 is 12.0 Å². The first-order valence-corrected chi connectivity index (χ1v) is 9.29. The monoisotopic (exact) mass is 365 g/mol. The van der Waals surface area contributed by atoms with E-state index < -0.39 is 24.0 Å². The SMILES string of the molecule is CCNC(=O)NC(=O)COC(=O)C12CC3CC(CC(NC(C)=O)(C3)C1)C2. The summed E-state index contributed by atoms with van der Waals surface area (Å²) in [5, 5.41) is 7.66. The number of nitrogens with one attached hydrogen (secondary N) is 3. The number of esters is 1. The minimum atomic E-state index is -0.648. The van der Waals surface area contributed by atoms with Crippen LogP contribution in [-0.4, -0.2) is 42.5 Å². The molecule has 3 N–H and O–H groups in total. The highest BCUT2D eigenvalue weighted by molar-refractivity contribution is 5.95. The van der Waals surface area contributed by atoms with Crippen LogP contribution >= 0.6 is 0 Å². The fourth-order valence-electron chi connectivity index (χ4n) is 5.67. The molecule has 8 nitrogen and oxygen atoms in total. The van der Waals surface area contributed by atoms with Crippen molar-refractivity contribution >= 4 is 23.8 Å². The number of hydrogen-bond acceptors (Lipinski definition) is 5. The lowest BCUT2D eigenvalue weighted by Gasteiger charge is -2.60. The van der Waals surface area contributed by atoms with Gasteiger partial charge in [0.2, 0.25) is 5.91 Å². The zero-order valence-corrected chi connectivity index (χ0v) is 15.4. The van der Waals surface area contributed by atoms with Crippen LogP contribution in [0, 0.1) is 17.3 Å². The second kappa shape index (κ2) is 6.89. The van der Waals surface area contributed by atoms with Crippen LogP contribution in [0.5, 0.6) is 0 Å². The Labute approximate surface area is 152 Å². The molecule has 2 unspecified atom stereocenters. The van der Waals surface area contributed by atoms with E-state index >= 15 is 0 Å². The minimum Gasteiger partial charge on any atom is -0.455 e. The lowest BCUT2D eigenvalue weighted by Crippen LogP contribution is -2.64. The van der Waals surface area contributed by atoms with Crippen molar-refractivity contribution in [3.8, 4) is 0 Å². The van der Waals surface area contributed by atoms with Gasteiger partial charge in [0.1, 0.15) is 0 Å². The lowest BCUT2D eigenvalue weighted by molar-refractivity contribution is -0.177. The maximum Gasteiger partial charge on any atom is 0.321 e. The van der Waals surface area contributed by atoms with Crippen molar-refractivity contribution in [2.75, 3.05) is 13.2 Å². The van der Waals surface area contributed by atoms with Crippen molar-refractivity contribution in [3.05, 3.63) is 0 Å². The number of carbonyl (C=O) groups excluding carboxylic acids is 4. The normalized spacial score (nSPS) is 34.1. The molecule has 4 aliphatic rings. The number of carbonyl (C=O) groups is 4. The van der Waals surface area contributed by atoms with Crippen molar-refractivity contribution in [3.63, 3.8) is 0 Å². The molecule has 4 fully saturated rings. The van der Waals surface area contributed by atoms with E-state index in [0.717, 1.165) is 32.1 Å². The number of urea groups is 1. The topological polar surface area (TPSA) is 114 Å². The Kier molecular flexibility index (Phi) is 4.94. The quantitative estimate of drug-likeness (QED) is 0.625. The molecule has 0 aromatic heterocycles. The van der Waals surface area contributed by atoms with E-state index in [9.17, 15) is 19.2 Å². The minimum absolute atomic E-state index is 0.0724. The maximum atomic E-state index is 12.8. The first-order valence-electron chi connectivity index (χ1n) is 9.29. The van der Waals surface area contributed by atoms with Gasteiger partial charge in [-0.25, -0.2) is 4.79 Å². The predicted octanol–water partition coefficient (Wildman–Crippen LogP) is 0.850. The molecule has 2 atom stereocenters. The van der Waals surface area contributed by atoms with Gasteiger partial charge in [0.05, 0.1) is 5.41 Å². The molecule has 4 bridgehead atoms. The van der Waals surface area contributed by atoms with Crippen LogP contribution < -0.4 is 16.0 Å². The summed E-state index contributed by atoms with van der Waals surface area (Å²) in [4.78, 5) is 47.6. The second-order valence-corrected chi connectivity index (χ2v) is 8.19. The van der Waals surface area contributed by atoms with E-state index in [0.29, 0.717) is 24.8 Å². The van der Waals surface area contributed by atoms with Crippen molar-refractivity contribution in [1.29, 1.82) is 0 Å². The molecule has 4 rings (SSSR count). The smallest absolute Gasteiger partial charge is 0.321 e. The highest BCUT2D eigenvalue weighted by Gasteiger charge is 2.61. The molecular weight excluding hydrogens is 338 g/mol. The molecule has 0 saturated heterocycles. The Hall–Kier alpha value is -2.12. The molecule has 26 heavy (non-hydrogen) atoms. The molecule has 4 amide bonds. The molecule has 8 heteroatoms. The summed E-state index contributed by atoms with van der Waals surface area (Å²) < 4.78 is 5.27. The van der Waals surface area contributed by atoms with Crippen LogP contribution in [0.3, 0.4) is 0 Å². The van der Waals surface area contributed by atoms with Crippen molar-refractivity contribution in [1.82, 2.24) is 16.0 Å². The van der Waals surface area contributed by atoms with Gasteiger partial charge in [-0.2, -0.15) is 0 Å². The van der Waals surface area contributed by atoms with E-state index in [1.54, 1.807) is 6.92 Å². The summed E-state index contributed by atoms with van der Waals surface area (Å²) >= 11 is 0. The average Bonchev–Trinajstić information content (AvgIpc) is 2.50. The van der Waals surface area contributed by atoms with Crippen LogP contribution in [0.15, 0.2) is 0 Å². The second-order valence-electron chi connectivity index (χ2n) is 8.19. The summed E-state index contributed by atoms with van der Waals surface area (Å²) in [6.07, 6.45) is 4.99. The maximum absolute atomic E-state index is 12.8. The van der Waals surface area contributed by atoms with Crippen molar-refractivity contribution in [2.45, 2.75) is 57.9 Å². The zero-order valence-electron chi connectivity index (χ0n) is 15.4. The van der Waals surface area contributed by atoms with E-state index in [1.807, 2.05) is 0 Å². The third-order valence-corrected chi connectivity index (χ3v) is 5.86. The predicted molar refractivity (Wildman–Crippen MR) is 91.8 cm³/mol. The molecule has 0 radical (unpaired) electrons. The standard InChI is InChI=1S/C18H27N3O5/c1-3-19-16(25)20-14(23)9-26-15(24)17-5-12-4-13(6-17)8-18(7-12,10-17)21-11(2)22/h12-13H,3-10H2,1-2H3,(H,21,22)(H2,19,20,23,25). The largest absolute Gasteiger partial charge is 0.455 e. The number of imide groups is 1. The van der Waals surface area contributed by atoms with Gasteiger partial charge in [-0.3, -0.25) is 19.7 Å². The summed E-state index contributed by atoms with van der Waals surface area (Å²) in [6, 6.07) is -0.604. The van der Waals surface area contributed by atoms with Crippen LogP contribution in [-0.2, 0) is 19.1 Å². The highest BCUT2D eigenvalue weighted by Crippen LogP contribution is 2.62. The Morgan fingerprint density at radius 3 is 2.31 bits per heavy atom. The van der Waals surface area contributed by atoms with Gasteiger partial charge in [0, 0.05) is 19.0 Å². The number of amides is 4. The fourth-order valence-corrected chi connectivity index (χ4v) is 5.67. The van der Waals surface area contributed by atoms with E-state index in [2.05, 4.69) is 16.0 Å². The van der Waals surface area contributed by atoms with Gasteiger partial charge in [0.25, 0.3) is 5.91 Å². The van der Waals surface area contributed by atoms with E-state index in [-0.39, 0.29) is 17.4 Å². The summed E-state index contributed by atoms with van der Waals surface area (Å²) in [5.41, 5.74) is -0.948. The number of ether oxygens (including phenoxy) is 1.